The molecule has 0 bridgehead atoms. The number of rotatable bonds is 6. The molecule has 2 aromatic rings. The quantitative estimate of drug-likeness (QED) is 0.803. The molecule has 4 rings (SSSR count). The summed E-state index contributed by atoms with van der Waals surface area (Å²) in [7, 11) is 4.21. The van der Waals surface area contributed by atoms with Crippen molar-refractivity contribution in [3.05, 3.63) is 64.7 Å². The summed E-state index contributed by atoms with van der Waals surface area (Å²) < 4.78 is 0. The van der Waals surface area contributed by atoms with Crippen molar-refractivity contribution in [2.45, 2.75) is 44.8 Å². The number of piperidine rings is 1. The first-order valence-corrected chi connectivity index (χ1v) is 11.1. The molecule has 1 saturated heterocycles. The second-order valence-electron chi connectivity index (χ2n) is 8.92. The van der Waals surface area contributed by atoms with Gasteiger partial charge in [0.25, 0.3) is 0 Å². The highest BCUT2D eigenvalue weighted by Gasteiger charge is 2.33. The fourth-order valence-corrected chi connectivity index (χ4v) is 5.11. The largest absolute Gasteiger partial charge is 0.378 e. The number of nitrogens with two attached hydrogens (primary N) is 1. The Morgan fingerprint density at radius 2 is 1.76 bits per heavy atom. The van der Waals surface area contributed by atoms with E-state index in [9.17, 15) is 0 Å². The van der Waals surface area contributed by atoms with Gasteiger partial charge in [-0.3, -0.25) is 9.80 Å². The van der Waals surface area contributed by atoms with E-state index in [4.69, 9.17) is 5.73 Å². The van der Waals surface area contributed by atoms with Crippen LogP contribution < -0.4 is 10.6 Å². The molecule has 2 aliphatic rings. The van der Waals surface area contributed by atoms with Crippen LogP contribution in [0.15, 0.2) is 42.5 Å². The van der Waals surface area contributed by atoms with Gasteiger partial charge in [0.05, 0.1) is 0 Å². The molecule has 0 saturated carbocycles. The Morgan fingerprint density at radius 3 is 2.41 bits per heavy atom. The number of nitrogens with zero attached hydrogens (tertiary/aromatic N) is 3. The van der Waals surface area contributed by atoms with E-state index < -0.39 is 0 Å². The number of benzene rings is 2. The van der Waals surface area contributed by atoms with E-state index in [0.29, 0.717) is 18.6 Å². The van der Waals surface area contributed by atoms with Crippen molar-refractivity contribution >= 4 is 5.69 Å². The summed E-state index contributed by atoms with van der Waals surface area (Å²) in [6.07, 6.45) is 3.99. The van der Waals surface area contributed by atoms with E-state index >= 15 is 0 Å². The molecule has 4 nitrogen and oxygen atoms in total. The minimum absolute atomic E-state index is 0.332. The van der Waals surface area contributed by atoms with Gasteiger partial charge in [0, 0.05) is 51.5 Å². The monoisotopic (exact) mass is 392 g/mol. The summed E-state index contributed by atoms with van der Waals surface area (Å²) in [5.41, 5.74) is 13.3. The molecule has 0 aliphatic carbocycles. The molecule has 0 radical (unpaired) electrons. The molecule has 2 N–H and O–H groups in total. The Kier molecular flexibility index (Phi) is 6.23. The van der Waals surface area contributed by atoms with Crippen molar-refractivity contribution in [1.29, 1.82) is 0 Å². The number of anilines is 1. The van der Waals surface area contributed by atoms with Crippen LogP contribution >= 0.6 is 0 Å². The zero-order chi connectivity index (χ0) is 20.4. The molecule has 156 valence electrons. The van der Waals surface area contributed by atoms with Crippen LogP contribution in [0.5, 0.6) is 0 Å². The lowest BCUT2D eigenvalue weighted by Crippen LogP contribution is -2.41. The maximum Gasteiger partial charge on any atom is 0.0478 e. The van der Waals surface area contributed by atoms with Crippen molar-refractivity contribution in [3.63, 3.8) is 0 Å². The van der Waals surface area contributed by atoms with Crippen molar-refractivity contribution in [2.24, 2.45) is 5.73 Å². The SMILES string of the molecule is Cc1cccc2c1CN(CC(c1ccc(N(C)C)cc1)N1CCCCC1)C2CN. The highest BCUT2D eigenvalue weighted by Crippen LogP contribution is 2.37. The van der Waals surface area contributed by atoms with Gasteiger partial charge in [-0.15, -0.1) is 0 Å². The molecule has 29 heavy (non-hydrogen) atoms. The first-order chi connectivity index (χ1) is 14.1. The maximum atomic E-state index is 6.27. The van der Waals surface area contributed by atoms with E-state index in [1.165, 1.54) is 60.3 Å². The lowest BCUT2D eigenvalue weighted by molar-refractivity contribution is 0.101. The molecule has 0 spiro atoms. The number of fused-ring (bicyclic) bond motifs is 1. The minimum atomic E-state index is 0.332. The number of aryl methyl sites for hydroxylation is 1. The predicted octanol–water partition coefficient (Wildman–Crippen LogP) is 4.10. The lowest BCUT2D eigenvalue weighted by Gasteiger charge is -2.38. The highest BCUT2D eigenvalue weighted by molar-refractivity contribution is 5.47. The van der Waals surface area contributed by atoms with E-state index in [0.717, 1.165) is 13.1 Å². The van der Waals surface area contributed by atoms with Gasteiger partial charge in [-0.1, -0.05) is 36.8 Å². The molecule has 2 atom stereocenters. The third-order valence-electron chi connectivity index (χ3n) is 6.86. The molecule has 1 fully saturated rings. The van der Waals surface area contributed by atoms with Crippen LogP contribution in [0.2, 0.25) is 0 Å². The summed E-state index contributed by atoms with van der Waals surface area (Å²) in [6.45, 7) is 7.38. The topological polar surface area (TPSA) is 35.7 Å². The van der Waals surface area contributed by atoms with Gasteiger partial charge >= 0.3 is 0 Å². The van der Waals surface area contributed by atoms with Crippen LogP contribution in [0.4, 0.5) is 5.69 Å². The third-order valence-corrected chi connectivity index (χ3v) is 6.86. The van der Waals surface area contributed by atoms with Gasteiger partial charge in [-0.25, -0.2) is 0 Å². The lowest BCUT2D eigenvalue weighted by atomic mass is 9.99. The summed E-state index contributed by atoms with van der Waals surface area (Å²) in [5.74, 6) is 0. The molecule has 2 aliphatic heterocycles. The Bertz CT molecular complexity index is 808. The van der Waals surface area contributed by atoms with Crippen molar-refractivity contribution in [2.75, 3.05) is 45.2 Å². The van der Waals surface area contributed by atoms with Gasteiger partial charge in [0.1, 0.15) is 0 Å². The van der Waals surface area contributed by atoms with Crippen LogP contribution in [0.25, 0.3) is 0 Å². The van der Waals surface area contributed by atoms with Gasteiger partial charge in [0.2, 0.25) is 0 Å². The van der Waals surface area contributed by atoms with Crippen LogP contribution in [0.3, 0.4) is 0 Å². The van der Waals surface area contributed by atoms with Gasteiger partial charge in [0.15, 0.2) is 0 Å². The number of hydrogen-bond acceptors (Lipinski definition) is 4. The summed E-state index contributed by atoms with van der Waals surface area (Å²) in [5, 5.41) is 0. The zero-order valence-corrected chi connectivity index (χ0v) is 18.3. The molecule has 4 heteroatoms. The van der Waals surface area contributed by atoms with Crippen molar-refractivity contribution < 1.29 is 0 Å². The smallest absolute Gasteiger partial charge is 0.0478 e. The maximum absolute atomic E-state index is 6.27. The second kappa shape index (κ2) is 8.86. The van der Waals surface area contributed by atoms with Crippen molar-refractivity contribution in [3.8, 4) is 0 Å². The molecule has 2 unspecified atom stereocenters. The highest BCUT2D eigenvalue weighted by atomic mass is 15.3. The van der Waals surface area contributed by atoms with Crippen LogP contribution in [-0.4, -0.2) is 50.1 Å². The second-order valence-corrected chi connectivity index (χ2v) is 8.92. The Hall–Kier alpha value is -1.88. The molecule has 2 aromatic carbocycles. The molecular weight excluding hydrogens is 356 g/mol. The van der Waals surface area contributed by atoms with E-state index in [-0.39, 0.29) is 0 Å². The van der Waals surface area contributed by atoms with E-state index in [2.05, 4.69) is 78.2 Å². The first kappa shape index (κ1) is 20.4. The van der Waals surface area contributed by atoms with Crippen LogP contribution in [0.1, 0.15) is 53.6 Å². The Labute approximate surface area is 176 Å². The summed E-state index contributed by atoms with van der Waals surface area (Å²) in [4.78, 5) is 7.50. The third kappa shape index (κ3) is 4.20. The minimum Gasteiger partial charge on any atom is -0.378 e. The van der Waals surface area contributed by atoms with E-state index in [1.807, 2.05) is 0 Å². The number of hydrogen-bond donors (Lipinski definition) is 1. The summed E-state index contributed by atoms with van der Waals surface area (Å²) in [6, 6.07) is 16.6. The average molecular weight is 393 g/mol. The average Bonchev–Trinajstić information content (AvgIpc) is 3.11. The number of likely N-dealkylation sites (tertiary alicyclic amines) is 1. The van der Waals surface area contributed by atoms with Crippen LogP contribution in [0, 0.1) is 6.92 Å². The van der Waals surface area contributed by atoms with Crippen LogP contribution in [-0.2, 0) is 6.54 Å². The Balaban J connectivity index is 1.61. The molecule has 0 amide bonds. The van der Waals surface area contributed by atoms with Gasteiger partial charge in [-0.2, -0.15) is 0 Å². The standard InChI is InChI=1S/C25H36N4/c1-19-8-7-9-22-23(19)17-29(24(22)16-26)18-25(28-14-5-4-6-15-28)20-10-12-21(13-11-20)27(2)3/h7-13,24-25H,4-6,14-18,26H2,1-3H3. The fraction of sp³-hybridized carbons (Fsp3) is 0.520. The molecule has 0 aromatic heterocycles. The Morgan fingerprint density at radius 1 is 1.03 bits per heavy atom. The van der Waals surface area contributed by atoms with Gasteiger partial charge < -0.3 is 10.6 Å². The zero-order valence-electron chi connectivity index (χ0n) is 18.3. The summed E-state index contributed by atoms with van der Waals surface area (Å²) >= 11 is 0. The van der Waals surface area contributed by atoms with Crippen molar-refractivity contribution in [1.82, 2.24) is 9.80 Å². The first-order valence-electron chi connectivity index (χ1n) is 11.1. The molecular formula is C25H36N4. The predicted molar refractivity (Wildman–Crippen MR) is 122 cm³/mol. The van der Waals surface area contributed by atoms with E-state index in [1.54, 1.807) is 0 Å². The van der Waals surface area contributed by atoms with Gasteiger partial charge in [-0.05, 0) is 67.2 Å². The normalized spacial score (nSPS) is 21.2. The fourth-order valence-electron chi connectivity index (χ4n) is 5.11. The molecule has 2 heterocycles.